The first-order chi connectivity index (χ1) is 7.57. The molecule has 0 saturated heterocycles. The van der Waals surface area contributed by atoms with Gasteiger partial charge in [0.05, 0.1) is 5.56 Å². The van der Waals surface area contributed by atoms with Gasteiger partial charge in [0.15, 0.2) is 5.82 Å². The predicted octanol–water partition coefficient (Wildman–Crippen LogP) is 3.16. The molecule has 0 spiro atoms. The van der Waals surface area contributed by atoms with Gasteiger partial charge in [-0.1, -0.05) is 30.3 Å². The zero-order valence-electron chi connectivity index (χ0n) is 8.07. The van der Waals surface area contributed by atoms with E-state index in [0.29, 0.717) is 5.56 Å². The number of halogens is 3. The summed E-state index contributed by atoms with van der Waals surface area (Å²) in [5.41, 5.74) is -0.150. The van der Waals surface area contributed by atoms with Gasteiger partial charge in [-0.2, -0.15) is 13.2 Å². The fraction of sp³-hybridized carbons (Fsp3) is 0.0909. The van der Waals surface area contributed by atoms with Crippen molar-refractivity contribution in [2.45, 2.75) is 6.18 Å². The largest absolute Gasteiger partial charge is 0.419 e. The van der Waals surface area contributed by atoms with Crippen LogP contribution in [0.5, 0.6) is 0 Å². The van der Waals surface area contributed by atoms with Crippen LogP contribution in [0.1, 0.15) is 5.56 Å². The van der Waals surface area contributed by atoms with Crippen molar-refractivity contribution in [2.75, 3.05) is 0 Å². The van der Waals surface area contributed by atoms with Crippen LogP contribution in [-0.2, 0) is 6.18 Å². The number of nitrogens with zero attached hydrogens (tertiary/aromatic N) is 2. The van der Waals surface area contributed by atoms with Crippen molar-refractivity contribution < 1.29 is 13.2 Å². The van der Waals surface area contributed by atoms with Gasteiger partial charge < -0.3 is 0 Å². The van der Waals surface area contributed by atoms with E-state index in [1.54, 1.807) is 24.3 Å². The summed E-state index contributed by atoms with van der Waals surface area (Å²) in [6.07, 6.45) is -2.82. The monoisotopic (exact) mass is 224 g/mol. The van der Waals surface area contributed by atoms with Crippen LogP contribution in [0.2, 0.25) is 0 Å². The lowest BCUT2D eigenvalue weighted by Crippen LogP contribution is -2.06. The molecule has 16 heavy (non-hydrogen) atoms. The SMILES string of the molecule is FC(F)(F)c1cnc(-c2ccccc2)nc1. The van der Waals surface area contributed by atoms with E-state index >= 15 is 0 Å². The molecule has 0 saturated carbocycles. The fourth-order valence-corrected chi connectivity index (χ4v) is 1.21. The number of rotatable bonds is 1. The van der Waals surface area contributed by atoms with E-state index < -0.39 is 11.7 Å². The van der Waals surface area contributed by atoms with Gasteiger partial charge in [0.2, 0.25) is 0 Å². The van der Waals surface area contributed by atoms with Crippen LogP contribution < -0.4 is 0 Å². The van der Waals surface area contributed by atoms with E-state index in [4.69, 9.17) is 0 Å². The second-order valence-electron chi connectivity index (χ2n) is 3.16. The first-order valence-corrected chi connectivity index (χ1v) is 4.52. The second kappa shape index (κ2) is 3.92. The Kier molecular flexibility index (Phi) is 2.60. The smallest absolute Gasteiger partial charge is 0.236 e. The molecule has 2 nitrogen and oxygen atoms in total. The molecular formula is C11H7F3N2. The molecule has 1 aromatic heterocycles. The molecule has 0 bridgehead atoms. The Morgan fingerprint density at radius 1 is 0.875 bits per heavy atom. The minimum absolute atomic E-state index is 0.286. The quantitative estimate of drug-likeness (QED) is 0.743. The molecule has 0 amide bonds. The Bertz CT molecular complexity index is 463. The van der Waals surface area contributed by atoms with Gasteiger partial charge in [-0.05, 0) is 0 Å². The molecular weight excluding hydrogens is 217 g/mol. The lowest BCUT2D eigenvalue weighted by atomic mass is 10.2. The molecule has 5 heteroatoms. The third kappa shape index (κ3) is 2.18. The summed E-state index contributed by atoms with van der Waals surface area (Å²) in [5, 5.41) is 0. The fourth-order valence-electron chi connectivity index (χ4n) is 1.21. The molecule has 0 radical (unpaired) electrons. The summed E-state index contributed by atoms with van der Waals surface area (Å²) in [6.45, 7) is 0. The van der Waals surface area contributed by atoms with Crippen LogP contribution in [0, 0.1) is 0 Å². The Balaban J connectivity index is 2.34. The first kappa shape index (κ1) is 10.6. The van der Waals surface area contributed by atoms with Crippen LogP contribution >= 0.6 is 0 Å². The number of alkyl halides is 3. The van der Waals surface area contributed by atoms with E-state index in [0.717, 1.165) is 12.4 Å². The summed E-state index contributed by atoms with van der Waals surface area (Å²) in [6, 6.07) is 8.84. The molecule has 0 fully saturated rings. The van der Waals surface area contributed by atoms with Crippen molar-refractivity contribution in [3.8, 4) is 11.4 Å². The minimum atomic E-state index is -4.39. The molecule has 0 aliphatic carbocycles. The minimum Gasteiger partial charge on any atom is -0.236 e. The van der Waals surface area contributed by atoms with Gasteiger partial charge in [0, 0.05) is 18.0 Å². The van der Waals surface area contributed by atoms with E-state index in [9.17, 15) is 13.2 Å². The maximum Gasteiger partial charge on any atom is 0.419 e. The van der Waals surface area contributed by atoms with E-state index in [1.165, 1.54) is 0 Å². The van der Waals surface area contributed by atoms with Gasteiger partial charge in [-0.3, -0.25) is 0 Å². The predicted molar refractivity (Wildman–Crippen MR) is 52.5 cm³/mol. The van der Waals surface area contributed by atoms with E-state index in [2.05, 4.69) is 9.97 Å². The summed E-state index contributed by atoms with van der Waals surface area (Å²) < 4.78 is 36.7. The third-order valence-corrected chi connectivity index (χ3v) is 2.01. The van der Waals surface area contributed by atoms with Crippen LogP contribution in [0.15, 0.2) is 42.7 Å². The second-order valence-corrected chi connectivity index (χ2v) is 3.16. The van der Waals surface area contributed by atoms with Crippen molar-refractivity contribution in [3.63, 3.8) is 0 Å². The molecule has 0 aliphatic heterocycles. The number of aromatic nitrogens is 2. The summed E-state index contributed by atoms with van der Waals surface area (Å²) >= 11 is 0. The molecule has 82 valence electrons. The summed E-state index contributed by atoms with van der Waals surface area (Å²) in [4.78, 5) is 7.37. The highest BCUT2D eigenvalue weighted by Crippen LogP contribution is 2.28. The molecule has 0 atom stereocenters. The molecule has 0 unspecified atom stereocenters. The third-order valence-electron chi connectivity index (χ3n) is 2.01. The molecule has 2 aromatic rings. The van der Waals surface area contributed by atoms with Gasteiger partial charge in [-0.25, -0.2) is 9.97 Å². The maximum absolute atomic E-state index is 12.2. The van der Waals surface area contributed by atoms with E-state index in [1.807, 2.05) is 6.07 Å². The number of benzene rings is 1. The van der Waals surface area contributed by atoms with Gasteiger partial charge in [0.1, 0.15) is 0 Å². The summed E-state index contributed by atoms with van der Waals surface area (Å²) in [5.74, 6) is 0.286. The van der Waals surface area contributed by atoms with Crippen molar-refractivity contribution in [1.29, 1.82) is 0 Å². The Morgan fingerprint density at radius 2 is 1.44 bits per heavy atom. The van der Waals surface area contributed by atoms with Crippen molar-refractivity contribution in [1.82, 2.24) is 9.97 Å². The standard InChI is InChI=1S/C11H7F3N2/c12-11(13,14)9-6-15-10(16-7-9)8-4-2-1-3-5-8/h1-7H. The van der Waals surface area contributed by atoms with Crippen molar-refractivity contribution in [2.24, 2.45) is 0 Å². The van der Waals surface area contributed by atoms with Crippen LogP contribution in [0.25, 0.3) is 11.4 Å². The topological polar surface area (TPSA) is 25.8 Å². The van der Waals surface area contributed by atoms with Gasteiger partial charge in [-0.15, -0.1) is 0 Å². The normalized spacial score (nSPS) is 11.4. The zero-order valence-corrected chi connectivity index (χ0v) is 8.07. The lowest BCUT2D eigenvalue weighted by Gasteiger charge is -2.05. The molecule has 0 aliphatic rings. The highest BCUT2D eigenvalue weighted by molar-refractivity contribution is 5.53. The molecule has 0 N–H and O–H groups in total. The van der Waals surface area contributed by atoms with Crippen molar-refractivity contribution >= 4 is 0 Å². The molecule has 2 rings (SSSR count). The highest BCUT2D eigenvalue weighted by atomic mass is 19.4. The molecule has 1 aromatic carbocycles. The van der Waals surface area contributed by atoms with Gasteiger partial charge >= 0.3 is 6.18 Å². The van der Waals surface area contributed by atoms with Gasteiger partial charge in [0.25, 0.3) is 0 Å². The molecule has 1 heterocycles. The first-order valence-electron chi connectivity index (χ1n) is 4.52. The Hall–Kier alpha value is -1.91. The Morgan fingerprint density at radius 3 is 1.94 bits per heavy atom. The van der Waals surface area contributed by atoms with E-state index in [-0.39, 0.29) is 5.82 Å². The highest BCUT2D eigenvalue weighted by Gasteiger charge is 2.31. The van der Waals surface area contributed by atoms with Crippen LogP contribution in [0.4, 0.5) is 13.2 Å². The average Bonchev–Trinajstić information content (AvgIpc) is 2.29. The number of hydrogen-bond donors (Lipinski definition) is 0. The number of hydrogen-bond acceptors (Lipinski definition) is 2. The van der Waals surface area contributed by atoms with Crippen molar-refractivity contribution in [3.05, 3.63) is 48.3 Å². The zero-order chi connectivity index (χ0) is 11.6. The summed E-state index contributed by atoms with van der Waals surface area (Å²) in [7, 11) is 0. The lowest BCUT2D eigenvalue weighted by molar-refractivity contribution is -0.138. The maximum atomic E-state index is 12.2. The average molecular weight is 224 g/mol. The van der Waals surface area contributed by atoms with Crippen LogP contribution in [0.3, 0.4) is 0 Å². The Labute approximate surface area is 89.8 Å². The van der Waals surface area contributed by atoms with Crippen LogP contribution in [-0.4, -0.2) is 9.97 Å².